The number of Topliss-reactive ketones (excluding diaryl/α,β-unsaturated/α-hetero) is 1. The molecule has 0 saturated carbocycles. The Hall–Kier alpha value is -3.57. The van der Waals surface area contributed by atoms with Gasteiger partial charge in [-0.2, -0.15) is 4.98 Å². The summed E-state index contributed by atoms with van der Waals surface area (Å²) in [7, 11) is 2.97. The minimum atomic E-state index is -0.818. The van der Waals surface area contributed by atoms with Gasteiger partial charge in [0, 0.05) is 45.4 Å². The number of carbonyl (C=O) groups is 3. The predicted molar refractivity (Wildman–Crippen MR) is 144 cm³/mol. The van der Waals surface area contributed by atoms with Crippen molar-refractivity contribution in [2.24, 2.45) is 5.92 Å². The molecule has 3 aliphatic rings. The van der Waals surface area contributed by atoms with Gasteiger partial charge in [0.25, 0.3) is 11.8 Å². The smallest absolute Gasteiger partial charge is 0.290 e. The van der Waals surface area contributed by atoms with Crippen molar-refractivity contribution in [3.63, 3.8) is 0 Å². The maximum atomic E-state index is 13.7. The molecule has 1 aromatic heterocycles. The Morgan fingerprint density at radius 1 is 1.02 bits per heavy atom. The monoisotopic (exact) mass is 554 g/mol. The van der Waals surface area contributed by atoms with Crippen LogP contribution in [-0.4, -0.2) is 97.3 Å². The number of carbonyl (C=O) groups excluding carboxylic acids is 3. The molecule has 2 amide bonds. The summed E-state index contributed by atoms with van der Waals surface area (Å²) in [5, 5.41) is 9.83. The van der Waals surface area contributed by atoms with Crippen molar-refractivity contribution >= 4 is 23.4 Å². The molecule has 2 fully saturated rings. The molecule has 0 aliphatic carbocycles. The molecule has 214 valence electrons. The third-order valence-corrected chi connectivity index (χ3v) is 8.10. The zero-order valence-electron chi connectivity index (χ0n) is 22.8. The molecule has 10 nitrogen and oxygen atoms in total. The Kier molecular flexibility index (Phi) is 8.32. The van der Waals surface area contributed by atoms with Gasteiger partial charge in [-0.25, -0.2) is 4.39 Å². The second-order valence-electron chi connectivity index (χ2n) is 10.8. The maximum absolute atomic E-state index is 13.7. The van der Waals surface area contributed by atoms with Gasteiger partial charge >= 0.3 is 0 Å². The van der Waals surface area contributed by atoms with E-state index in [1.165, 1.54) is 31.3 Å². The minimum absolute atomic E-state index is 0.133. The number of ketones is 1. The Morgan fingerprint density at radius 2 is 1.73 bits per heavy atom. The van der Waals surface area contributed by atoms with Crippen molar-refractivity contribution in [2.45, 2.75) is 37.7 Å². The first-order valence-corrected chi connectivity index (χ1v) is 13.7. The number of benzene rings is 1. The lowest BCUT2D eigenvalue weighted by Crippen LogP contribution is -2.39. The molecule has 0 bridgehead atoms. The number of aromatic nitrogens is 1. The second kappa shape index (κ2) is 11.9. The Bertz CT molecular complexity index is 1260. The zero-order valence-corrected chi connectivity index (χ0v) is 22.8. The topological polar surface area (TPSA) is 113 Å². The van der Waals surface area contributed by atoms with Crippen LogP contribution in [0.5, 0.6) is 5.88 Å². The summed E-state index contributed by atoms with van der Waals surface area (Å²) >= 11 is 0. The highest BCUT2D eigenvalue weighted by atomic mass is 19.1. The molecule has 2 atom stereocenters. The van der Waals surface area contributed by atoms with Crippen LogP contribution in [0.4, 0.5) is 10.2 Å². The summed E-state index contributed by atoms with van der Waals surface area (Å²) in [5.74, 6) is -1.57. The lowest BCUT2D eigenvalue weighted by atomic mass is 9.90. The fourth-order valence-electron chi connectivity index (χ4n) is 5.92. The van der Waals surface area contributed by atoms with E-state index in [-0.39, 0.29) is 43.0 Å². The number of fused-ring (bicyclic) bond motifs is 1. The summed E-state index contributed by atoms with van der Waals surface area (Å²) in [6.07, 6.45) is 2.25. The number of β-amino-alcohol motifs (C(OH)–C–C–N with tert-alkyl or cyclic N) is 1. The van der Waals surface area contributed by atoms with E-state index in [9.17, 15) is 23.9 Å². The zero-order chi connectivity index (χ0) is 28.4. The molecule has 5 rings (SSSR count). The van der Waals surface area contributed by atoms with Crippen molar-refractivity contribution in [1.29, 1.82) is 0 Å². The highest BCUT2D eigenvalue weighted by Gasteiger charge is 2.42. The van der Waals surface area contributed by atoms with Gasteiger partial charge in [-0.3, -0.25) is 14.4 Å². The van der Waals surface area contributed by atoms with Gasteiger partial charge in [0.2, 0.25) is 11.7 Å². The van der Waals surface area contributed by atoms with Crippen LogP contribution in [0.25, 0.3) is 0 Å². The molecule has 40 heavy (non-hydrogen) atoms. The quantitative estimate of drug-likeness (QED) is 0.493. The molecule has 0 spiro atoms. The summed E-state index contributed by atoms with van der Waals surface area (Å²) < 4.78 is 24.1. The third kappa shape index (κ3) is 5.66. The lowest BCUT2D eigenvalue weighted by Gasteiger charge is -2.32. The van der Waals surface area contributed by atoms with Gasteiger partial charge in [0.1, 0.15) is 23.9 Å². The van der Waals surface area contributed by atoms with E-state index < -0.39 is 23.7 Å². The van der Waals surface area contributed by atoms with E-state index in [2.05, 4.69) is 4.98 Å². The maximum Gasteiger partial charge on any atom is 0.290 e. The number of likely N-dealkylation sites (tertiary alicyclic amines) is 2. The van der Waals surface area contributed by atoms with Crippen molar-refractivity contribution < 1.29 is 33.4 Å². The van der Waals surface area contributed by atoms with Crippen molar-refractivity contribution in [3.05, 3.63) is 52.8 Å². The van der Waals surface area contributed by atoms with Crippen LogP contribution in [0.3, 0.4) is 0 Å². The summed E-state index contributed by atoms with van der Waals surface area (Å²) in [6, 6.07) is 8.17. The number of piperidine rings is 1. The standard InChI is InChI=1S/C29H35FN4O6/c1-39-17-34-16-24(25(36)29(38)33-12-9-21(35)15-33)22-14-23(27(40-2)31-26(22)34)28(37)32-10-7-19(8-11-32)13-18-3-5-20(30)6-4-18/h3-6,14,19,21,24,35H,7-13,15-17H2,1-2H3/t21-,24?/m0/s1. The SMILES string of the molecule is COCN1CC(C(=O)C(=O)N2CC[C@H](O)C2)c2cc(C(=O)N3CCC(Cc4ccc(F)cc4)CC3)c(OC)nc21. The van der Waals surface area contributed by atoms with E-state index in [0.29, 0.717) is 43.4 Å². The number of ether oxygens (including phenoxy) is 2. The Morgan fingerprint density at radius 3 is 2.35 bits per heavy atom. The van der Waals surface area contributed by atoms with Crippen LogP contribution in [-0.2, 0) is 20.7 Å². The molecule has 0 radical (unpaired) electrons. The van der Waals surface area contributed by atoms with E-state index in [1.807, 2.05) is 0 Å². The van der Waals surface area contributed by atoms with Gasteiger partial charge in [0.05, 0.1) is 19.1 Å². The third-order valence-electron chi connectivity index (χ3n) is 8.10. The van der Waals surface area contributed by atoms with Crippen LogP contribution in [0.1, 0.15) is 46.7 Å². The van der Waals surface area contributed by atoms with E-state index in [1.54, 1.807) is 28.0 Å². The summed E-state index contributed by atoms with van der Waals surface area (Å²) in [5.41, 5.74) is 1.81. The molecule has 1 aromatic carbocycles. The van der Waals surface area contributed by atoms with Crippen molar-refractivity contribution in [3.8, 4) is 5.88 Å². The number of amides is 2. The fourth-order valence-corrected chi connectivity index (χ4v) is 5.92. The molecule has 1 N–H and O–H groups in total. The number of methoxy groups -OCH3 is 2. The normalized spacial score (nSPS) is 21.1. The first-order chi connectivity index (χ1) is 19.3. The number of aliphatic hydroxyl groups is 1. The predicted octanol–water partition coefficient (Wildman–Crippen LogP) is 1.99. The number of halogens is 1. The second-order valence-corrected chi connectivity index (χ2v) is 10.8. The summed E-state index contributed by atoms with van der Waals surface area (Å²) in [4.78, 5) is 49.6. The molecule has 4 heterocycles. The number of aliphatic hydroxyl groups excluding tert-OH is 1. The van der Waals surface area contributed by atoms with Crippen LogP contribution in [0.2, 0.25) is 0 Å². The first-order valence-electron chi connectivity index (χ1n) is 13.7. The number of nitrogens with zero attached hydrogens (tertiary/aromatic N) is 4. The van der Waals surface area contributed by atoms with Gasteiger partial charge in [-0.05, 0) is 55.4 Å². The molecule has 1 unspecified atom stereocenters. The number of rotatable bonds is 8. The lowest BCUT2D eigenvalue weighted by molar-refractivity contribution is -0.144. The minimum Gasteiger partial charge on any atom is -0.480 e. The number of pyridine rings is 1. The highest BCUT2D eigenvalue weighted by Crippen LogP contribution is 2.39. The average molecular weight is 555 g/mol. The van der Waals surface area contributed by atoms with Gasteiger partial charge in [-0.1, -0.05) is 12.1 Å². The molecular weight excluding hydrogens is 519 g/mol. The van der Waals surface area contributed by atoms with Crippen LogP contribution in [0, 0.1) is 11.7 Å². The summed E-state index contributed by atoms with van der Waals surface area (Å²) in [6.45, 7) is 1.91. The average Bonchev–Trinajstić information content (AvgIpc) is 3.56. The van der Waals surface area contributed by atoms with Crippen LogP contribution < -0.4 is 9.64 Å². The first kappa shape index (κ1) is 28.0. The van der Waals surface area contributed by atoms with Crippen molar-refractivity contribution in [2.75, 3.05) is 58.6 Å². The van der Waals surface area contributed by atoms with Gasteiger partial charge in [-0.15, -0.1) is 0 Å². The van der Waals surface area contributed by atoms with Crippen LogP contribution >= 0.6 is 0 Å². The largest absolute Gasteiger partial charge is 0.480 e. The van der Waals surface area contributed by atoms with E-state index >= 15 is 0 Å². The molecule has 3 aliphatic heterocycles. The Balaban J connectivity index is 1.34. The van der Waals surface area contributed by atoms with Gasteiger partial charge in [0.15, 0.2) is 0 Å². The molecule has 11 heteroatoms. The molecule has 2 saturated heterocycles. The molecular formula is C29H35FN4O6. The number of hydrogen-bond donors (Lipinski definition) is 1. The van der Waals surface area contributed by atoms with E-state index in [0.717, 1.165) is 24.8 Å². The van der Waals surface area contributed by atoms with E-state index in [4.69, 9.17) is 9.47 Å². The number of hydrogen-bond acceptors (Lipinski definition) is 8. The highest BCUT2D eigenvalue weighted by molar-refractivity contribution is 6.38. The molecule has 2 aromatic rings. The van der Waals surface area contributed by atoms with Gasteiger partial charge < -0.3 is 29.3 Å². The number of anilines is 1. The van der Waals surface area contributed by atoms with Crippen LogP contribution in [0.15, 0.2) is 30.3 Å². The Labute approximate surface area is 232 Å². The van der Waals surface area contributed by atoms with Crippen molar-refractivity contribution in [1.82, 2.24) is 14.8 Å². The fraction of sp³-hybridized carbons (Fsp3) is 0.517.